The van der Waals surface area contributed by atoms with Gasteiger partial charge in [0.15, 0.2) is 0 Å². The van der Waals surface area contributed by atoms with Crippen molar-refractivity contribution in [1.82, 2.24) is 20.2 Å². The molecule has 7 nitrogen and oxygen atoms in total. The Bertz CT molecular complexity index is 811. The highest BCUT2D eigenvalue weighted by atomic mass is 16.5. The second-order valence-electron chi connectivity index (χ2n) is 7.12. The Kier molecular flexibility index (Phi) is 10.4. The van der Waals surface area contributed by atoms with Crippen LogP contribution in [0.25, 0.3) is 11.3 Å². The molecule has 1 N–H and O–H groups in total. The summed E-state index contributed by atoms with van der Waals surface area (Å²) in [6.45, 7) is 11.0. The number of carbonyl (C=O) groups is 1. The van der Waals surface area contributed by atoms with E-state index in [-0.39, 0.29) is 0 Å². The highest BCUT2D eigenvalue weighted by Gasteiger charge is 2.08. The molecule has 0 atom stereocenters. The van der Waals surface area contributed by atoms with Crippen molar-refractivity contribution in [3.8, 4) is 11.4 Å². The minimum atomic E-state index is -0.829. The fraction of sp³-hybridized carbons (Fsp3) is 0.455. The Morgan fingerprint density at radius 3 is 2.03 bits per heavy atom. The van der Waals surface area contributed by atoms with Crippen LogP contribution in [0.3, 0.4) is 0 Å². The van der Waals surface area contributed by atoms with Gasteiger partial charge in [0.1, 0.15) is 17.8 Å². The molecule has 1 heterocycles. The van der Waals surface area contributed by atoms with Gasteiger partial charge < -0.3 is 9.84 Å². The fourth-order valence-electron chi connectivity index (χ4n) is 2.50. The first-order chi connectivity index (χ1) is 13.8. The number of methoxy groups -OCH3 is 1. The van der Waals surface area contributed by atoms with E-state index in [2.05, 4.69) is 22.1 Å². The predicted octanol–water partition coefficient (Wildman–Crippen LogP) is 5.08. The molecule has 0 amide bonds. The summed E-state index contributed by atoms with van der Waals surface area (Å²) in [6.07, 6.45) is 9.03. The van der Waals surface area contributed by atoms with Crippen LogP contribution in [0.1, 0.15) is 65.4 Å². The molecule has 0 bridgehead atoms. The van der Waals surface area contributed by atoms with Gasteiger partial charge in [-0.25, -0.2) is 4.79 Å². The first kappa shape index (κ1) is 24.1. The minimum absolute atomic E-state index is 0.435. The molecule has 0 unspecified atom stereocenters. The van der Waals surface area contributed by atoms with E-state index < -0.39 is 5.97 Å². The van der Waals surface area contributed by atoms with E-state index in [9.17, 15) is 4.79 Å². The van der Waals surface area contributed by atoms with E-state index in [1.807, 2.05) is 25.1 Å². The number of carboxylic acids is 1. The molecule has 1 aromatic heterocycles. The van der Waals surface area contributed by atoms with Crippen molar-refractivity contribution in [2.75, 3.05) is 7.11 Å². The molecule has 1 aliphatic carbocycles. The summed E-state index contributed by atoms with van der Waals surface area (Å²) < 4.78 is 6.82. The number of tetrazole rings is 1. The molecular weight excluding hydrogens is 368 g/mol. The Morgan fingerprint density at radius 1 is 1.10 bits per heavy atom. The van der Waals surface area contributed by atoms with Gasteiger partial charge in [0.2, 0.25) is 0 Å². The van der Waals surface area contributed by atoms with Crippen molar-refractivity contribution in [1.29, 1.82) is 0 Å². The van der Waals surface area contributed by atoms with Crippen LogP contribution >= 0.6 is 0 Å². The zero-order valence-electron chi connectivity index (χ0n) is 18.1. The summed E-state index contributed by atoms with van der Waals surface area (Å²) in [7, 11) is 1.61. The molecule has 1 aliphatic rings. The van der Waals surface area contributed by atoms with Gasteiger partial charge >= 0.3 is 5.97 Å². The lowest BCUT2D eigenvalue weighted by Crippen LogP contribution is -1.99. The van der Waals surface area contributed by atoms with E-state index in [1.165, 1.54) is 38.4 Å². The Hall–Kier alpha value is -2.96. The highest BCUT2D eigenvalue weighted by Crippen LogP contribution is 2.25. The zero-order valence-corrected chi connectivity index (χ0v) is 18.1. The quantitative estimate of drug-likeness (QED) is 0.720. The average molecular weight is 401 g/mol. The second-order valence-corrected chi connectivity index (χ2v) is 7.12. The third-order valence-corrected chi connectivity index (χ3v) is 4.59. The Labute approximate surface area is 173 Å². The van der Waals surface area contributed by atoms with Gasteiger partial charge in [-0.3, -0.25) is 0 Å². The Morgan fingerprint density at radius 2 is 1.69 bits per heavy atom. The third kappa shape index (κ3) is 8.29. The van der Waals surface area contributed by atoms with Crippen molar-refractivity contribution < 1.29 is 14.6 Å². The average Bonchev–Trinajstić information content (AvgIpc) is 3.43. The largest absolute Gasteiger partial charge is 0.494 e. The van der Waals surface area contributed by atoms with Gasteiger partial charge in [0, 0.05) is 5.57 Å². The molecule has 7 heteroatoms. The van der Waals surface area contributed by atoms with Crippen LogP contribution in [0.15, 0.2) is 42.3 Å². The summed E-state index contributed by atoms with van der Waals surface area (Å²) in [5.41, 5.74) is 4.11. The summed E-state index contributed by atoms with van der Waals surface area (Å²) in [5, 5.41) is 19.3. The number of carboxylic acid groups (broad SMARTS) is 1. The number of benzene rings is 1. The molecule has 1 fully saturated rings. The molecule has 0 spiro atoms. The number of aromatic nitrogens is 4. The predicted molar refractivity (Wildman–Crippen MR) is 115 cm³/mol. The van der Waals surface area contributed by atoms with Crippen molar-refractivity contribution >= 4 is 11.5 Å². The molecule has 0 saturated heterocycles. The van der Waals surface area contributed by atoms with Crippen molar-refractivity contribution in [2.24, 2.45) is 0 Å². The maximum absolute atomic E-state index is 10.1. The number of aliphatic carboxylic acids is 1. The van der Waals surface area contributed by atoms with Gasteiger partial charge in [-0.1, -0.05) is 55.9 Å². The van der Waals surface area contributed by atoms with E-state index in [4.69, 9.17) is 9.84 Å². The minimum Gasteiger partial charge on any atom is -0.494 e. The fourth-order valence-corrected chi connectivity index (χ4v) is 2.50. The molecule has 0 radical (unpaired) electrons. The number of hydrogen-bond acceptors (Lipinski definition) is 5. The molecule has 1 aromatic carbocycles. The van der Waals surface area contributed by atoms with E-state index in [0.717, 1.165) is 28.1 Å². The molecule has 158 valence electrons. The highest BCUT2D eigenvalue weighted by molar-refractivity contribution is 5.86. The maximum Gasteiger partial charge on any atom is 0.331 e. The van der Waals surface area contributed by atoms with E-state index >= 15 is 0 Å². The normalized spacial score (nSPS) is 12.0. The smallest absolute Gasteiger partial charge is 0.331 e. The topological polar surface area (TPSA) is 90.1 Å². The molecule has 3 rings (SSSR count). The molecular formula is C22H32N4O3. The molecule has 2 aromatic rings. The van der Waals surface area contributed by atoms with Crippen LogP contribution in [0.4, 0.5) is 0 Å². The van der Waals surface area contributed by atoms with Gasteiger partial charge in [0.05, 0.1) is 7.11 Å². The molecule has 29 heavy (non-hydrogen) atoms. The van der Waals surface area contributed by atoms with Crippen molar-refractivity contribution in [3.63, 3.8) is 0 Å². The molecule has 0 aliphatic heterocycles. The summed E-state index contributed by atoms with van der Waals surface area (Å²) in [4.78, 5) is 10.1. The van der Waals surface area contributed by atoms with Crippen molar-refractivity contribution in [2.45, 2.75) is 59.8 Å². The lowest BCUT2D eigenvalue weighted by atomic mass is 10.1. The number of nitrogens with zero attached hydrogens (tertiary/aromatic N) is 4. The summed E-state index contributed by atoms with van der Waals surface area (Å²) >= 11 is 0. The van der Waals surface area contributed by atoms with Gasteiger partial charge in [-0.05, 0) is 55.8 Å². The standard InChI is InChI=1S/C11H12N4O.C6H10O2.C5H10/c1-8(2)9-4-5-11(16-3)10(6-9)15-7-12-13-14-15;1-4(2)5(3)6(7)8;1-2-4-5-3-1/h4-7H,1H2,2-3H3;1-3H3,(H,7,8);1-5H2. The van der Waals surface area contributed by atoms with E-state index in [0.29, 0.717) is 5.57 Å². The number of rotatable bonds is 4. The number of ether oxygens (including phenoxy) is 1. The van der Waals surface area contributed by atoms with Crippen LogP contribution < -0.4 is 4.74 Å². The monoisotopic (exact) mass is 400 g/mol. The summed E-state index contributed by atoms with van der Waals surface area (Å²) in [6, 6.07) is 5.77. The van der Waals surface area contributed by atoms with Gasteiger partial charge in [0.25, 0.3) is 0 Å². The van der Waals surface area contributed by atoms with Crippen LogP contribution in [0.5, 0.6) is 5.75 Å². The lowest BCUT2D eigenvalue weighted by Gasteiger charge is -2.09. The van der Waals surface area contributed by atoms with Crippen LogP contribution in [0, 0.1) is 0 Å². The first-order valence-corrected chi connectivity index (χ1v) is 9.72. The second kappa shape index (κ2) is 12.5. The third-order valence-electron chi connectivity index (χ3n) is 4.59. The van der Waals surface area contributed by atoms with Crippen LogP contribution in [0.2, 0.25) is 0 Å². The number of hydrogen-bond donors (Lipinski definition) is 1. The van der Waals surface area contributed by atoms with Crippen LogP contribution in [-0.2, 0) is 4.79 Å². The summed E-state index contributed by atoms with van der Waals surface area (Å²) in [5.74, 6) is -0.109. The van der Waals surface area contributed by atoms with E-state index in [1.54, 1.807) is 32.6 Å². The maximum atomic E-state index is 10.1. The van der Waals surface area contributed by atoms with Gasteiger partial charge in [-0.15, -0.1) is 5.10 Å². The molecule has 1 saturated carbocycles. The Balaban J connectivity index is 0.000000268. The lowest BCUT2D eigenvalue weighted by molar-refractivity contribution is -0.132. The van der Waals surface area contributed by atoms with Gasteiger partial charge in [-0.2, -0.15) is 4.68 Å². The first-order valence-electron chi connectivity index (χ1n) is 9.72. The van der Waals surface area contributed by atoms with Crippen LogP contribution in [-0.4, -0.2) is 38.4 Å². The SMILES string of the molecule is C1CCCC1.C=C(C)c1ccc(OC)c(-n2cnnn2)c1.CC(C)=C(C)C(=O)O. The van der Waals surface area contributed by atoms with Crippen molar-refractivity contribution in [3.05, 3.63) is 47.8 Å². The number of allylic oxidation sites excluding steroid dienone is 2. The zero-order chi connectivity index (χ0) is 21.8.